The minimum atomic E-state index is 0.0435. The van der Waals surface area contributed by atoms with Crippen LogP contribution in [0.5, 0.6) is 5.88 Å². The van der Waals surface area contributed by atoms with Crippen molar-refractivity contribution in [3.8, 4) is 5.88 Å². The molecule has 0 spiro atoms. The fraction of sp³-hybridized carbons (Fsp3) is 0.350. The average molecular weight is 365 g/mol. The van der Waals surface area contributed by atoms with Gasteiger partial charge in [0.2, 0.25) is 5.88 Å². The third kappa shape index (κ3) is 4.32. The van der Waals surface area contributed by atoms with Gasteiger partial charge in [0.05, 0.1) is 32.1 Å². The Bertz CT molecular complexity index is 868. The maximum Gasteiger partial charge on any atom is 0.217 e. The molecule has 3 aromatic rings. The van der Waals surface area contributed by atoms with E-state index in [0.29, 0.717) is 12.5 Å². The van der Waals surface area contributed by atoms with Crippen LogP contribution in [-0.4, -0.2) is 44.4 Å². The first kappa shape index (κ1) is 17.6. The van der Waals surface area contributed by atoms with E-state index in [0.717, 1.165) is 37.3 Å². The molecule has 7 nitrogen and oxygen atoms in total. The molecule has 0 saturated carbocycles. The second-order valence-corrected chi connectivity index (χ2v) is 6.63. The van der Waals surface area contributed by atoms with Crippen molar-refractivity contribution < 1.29 is 9.47 Å². The normalized spacial score (nSPS) is 17.3. The molecule has 1 aliphatic heterocycles. The monoisotopic (exact) mass is 365 g/mol. The summed E-state index contributed by atoms with van der Waals surface area (Å²) in [6, 6.07) is 10.0. The van der Waals surface area contributed by atoms with Crippen molar-refractivity contribution in [2.45, 2.75) is 32.3 Å². The molecule has 0 unspecified atom stereocenters. The molecule has 0 aromatic carbocycles. The van der Waals surface area contributed by atoms with Crippen LogP contribution in [0.2, 0.25) is 0 Å². The summed E-state index contributed by atoms with van der Waals surface area (Å²) in [6.07, 6.45) is 7.22. The van der Waals surface area contributed by atoms with Crippen LogP contribution in [0.25, 0.3) is 0 Å². The number of ether oxygens (including phenoxy) is 2. The molecule has 1 aliphatic rings. The van der Waals surface area contributed by atoms with Gasteiger partial charge in [-0.15, -0.1) is 0 Å². The van der Waals surface area contributed by atoms with Crippen molar-refractivity contribution >= 4 is 0 Å². The third-order valence-electron chi connectivity index (χ3n) is 4.70. The Labute approximate surface area is 158 Å². The second-order valence-electron chi connectivity index (χ2n) is 6.63. The van der Waals surface area contributed by atoms with Crippen LogP contribution in [0.3, 0.4) is 0 Å². The topological polar surface area (TPSA) is 65.3 Å². The summed E-state index contributed by atoms with van der Waals surface area (Å²) >= 11 is 0. The number of aromatic nitrogens is 4. The zero-order chi connectivity index (χ0) is 18.5. The van der Waals surface area contributed by atoms with E-state index in [1.165, 1.54) is 5.69 Å². The van der Waals surface area contributed by atoms with Gasteiger partial charge in [0, 0.05) is 50.0 Å². The summed E-state index contributed by atoms with van der Waals surface area (Å²) in [5, 5.41) is 4.46. The standard InChI is InChI=1S/C20H23N5O2/c1-26-20-17(3-2-7-22-20)11-24-12-18-6-10-23-25(18)14-19(13-24)27-15-16-4-8-21-9-5-16/h2-10,19H,11-15H2,1H3/t19-/m0/s1. The largest absolute Gasteiger partial charge is 0.481 e. The number of pyridine rings is 2. The van der Waals surface area contributed by atoms with Gasteiger partial charge in [-0.25, -0.2) is 4.98 Å². The molecule has 27 heavy (non-hydrogen) atoms. The molecule has 0 radical (unpaired) electrons. The molecule has 0 saturated heterocycles. The number of hydrogen-bond acceptors (Lipinski definition) is 6. The van der Waals surface area contributed by atoms with Gasteiger partial charge < -0.3 is 9.47 Å². The predicted octanol–water partition coefficient (Wildman–Crippen LogP) is 2.28. The molecular formula is C20H23N5O2. The minimum absolute atomic E-state index is 0.0435. The van der Waals surface area contributed by atoms with Crippen molar-refractivity contribution in [1.29, 1.82) is 0 Å². The predicted molar refractivity (Wildman–Crippen MR) is 99.9 cm³/mol. The lowest BCUT2D eigenvalue weighted by atomic mass is 10.2. The highest BCUT2D eigenvalue weighted by Crippen LogP contribution is 2.21. The molecule has 0 aliphatic carbocycles. The first-order chi connectivity index (χ1) is 13.3. The fourth-order valence-electron chi connectivity index (χ4n) is 3.38. The second kappa shape index (κ2) is 8.28. The summed E-state index contributed by atoms with van der Waals surface area (Å²) in [6.45, 7) is 3.68. The lowest BCUT2D eigenvalue weighted by Crippen LogP contribution is -2.33. The minimum Gasteiger partial charge on any atom is -0.481 e. The van der Waals surface area contributed by atoms with Gasteiger partial charge in [0.25, 0.3) is 0 Å². The number of nitrogens with zero attached hydrogens (tertiary/aromatic N) is 5. The van der Waals surface area contributed by atoms with Crippen LogP contribution in [0.15, 0.2) is 55.1 Å². The fourth-order valence-corrected chi connectivity index (χ4v) is 3.38. The smallest absolute Gasteiger partial charge is 0.217 e. The van der Waals surface area contributed by atoms with E-state index >= 15 is 0 Å². The van der Waals surface area contributed by atoms with E-state index in [4.69, 9.17) is 9.47 Å². The maximum atomic E-state index is 6.22. The van der Waals surface area contributed by atoms with Crippen molar-refractivity contribution in [2.24, 2.45) is 0 Å². The van der Waals surface area contributed by atoms with Gasteiger partial charge in [-0.2, -0.15) is 5.10 Å². The molecule has 0 amide bonds. The SMILES string of the molecule is COc1ncccc1CN1Cc2ccnn2C[C@@H](OCc2ccncc2)C1. The van der Waals surface area contributed by atoms with E-state index in [2.05, 4.69) is 32.1 Å². The zero-order valence-corrected chi connectivity index (χ0v) is 15.4. The highest BCUT2D eigenvalue weighted by Gasteiger charge is 2.24. The van der Waals surface area contributed by atoms with Crippen LogP contribution in [0, 0.1) is 0 Å². The molecule has 0 bridgehead atoms. The summed E-state index contributed by atoms with van der Waals surface area (Å²) in [5.74, 6) is 0.671. The Morgan fingerprint density at radius 3 is 2.81 bits per heavy atom. The van der Waals surface area contributed by atoms with E-state index in [9.17, 15) is 0 Å². The molecule has 0 fully saturated rings. The van der Waals surface area contributed by atoms with Crippen molar-refractivity contribution in [1.82, 2.24) is 24.6 Å². The van der Waals surface area contributed by atoms with Crippen LogP contribution < -0.4 is 4.74 Å². The summed E-state index contributed by atoms with van der Waals surface area (Å²) in [4.78, 5) is 10.7. The lowest BCUT2D eigenvalue weighted by Gasteiger charge is -2.24. The van der Waals surface area contributed by atoms with Crippen LogP contribution in [0.4, 0.5) is 0 Å². The first-order valence-corrected chi connectivity index (χ1v) is 9.03. The number of fused-ring (bicyclic) bond motifs is 1. The highest BCUT2D eigenvalue weighted by molar-refractivity contribution is 5.25. The number of methoxy groups -OCH3 is 1. The zero-order valence-electron chi connectivity index (χ0n) is 15.4. The van der Waals surface area contributed by atoms with Gasteiger partial charge in [0.1, 0.15) is 0 Å². The maximum absolute atomic E-state index is 6.22. The van der Waals surface area contributed by atoms with Gasteiger partial charge >= 0.3 is 0 Å². The van der Waals surface area contributed by atoms with E-state index < -0.39 is 0 Å². The Morgan fingerprint density at radius 2 is 1.96 bits per heavy atom. The van der Waals surface area contributed by atoms with Crippen molar-refractivity contribution in [2.75, 3.05) is 13.7 Å². The van der Waals surface area contributed by atoms with Gasteiger partial charge in [-0.3, -0.25) is 14.6 Å². The molecular weight excluding hydrogens is 342 g/mol. The van der Waals surface area contributed by atoms with Crippen molar-refractivity contribution in [3.63, 3.8) is 0 Å². The van der Waals surface area contributed by atoms with Gasteiger partial charge in [-0.05, 0) is 29.8 Å². The third-order valence-corrected chi connectivity index (χ3v) is 4.70. The van der Waals surface area contributed by atoms with Gasteiger partial charge in [0.15, 0.2) is 0 Å². The Hall–Kier alpha value is -2.77. The van der Waals surface area contributed by atoms with Crippen LogP contribution in [0.1, 0.15) is 16.8 Å². The number of rotatable bonds is 6. The summed E-state index contributed by atoms with van der Waals surface area (Å²) in [5.41, 5.74) is 3.38. The molecule has 7 heteroatoms. The van der Waals surface area contributed by atoms with E-state index in [1.807, 2.05) is 29.1 Å². The molecule has 0 N–H and O–H groups in total. The van der Waals surface area contributed by atoms with E-state index in [-0.39, 0.29) is 6.10 Å². The average Bonchev–Trinajstić information content (AvgIpc) is 3.06. The van der Waals surface area contributed by atoms with E-state index in [1.54, 1.807) is 25.7 Å². The Morgan fingerprint density at radius 1 is 1.07 bits per heavy atom. The number of hydrogen-bond donors (Lipinski definition) is 0. The van der Waals surface area contributed by atoms with Crippen molar-refractivity contribution in [3.05, 3.63) is 71.9 Å². The first-order valence-electron chi connectivity index (χ1n) is 9.03. The molecule has 4 heterocycles. The van der Waals surface area contributed by atoms with Crippen LogP contribution in [-0.2, 0) is 31.0 Å². The summed E-state index contributed by atoms with van der Waals surface area (Å²) in [7, 11) is 1.66. The summed E-state index contributed by atoms with van der Waals surface area (Å²) < 4.78 is 13.7. The molecule has 4 rings (SSSR count). The van der Waals surface area contributed by atoms with Gasteiger partial charge in [-0.1, -0.05) is 6.07 Å². The Kier molecular flexibility index (Phi) is 5.41. The molecule has 3 aromatic heterocycles. The molecule has 1 atom stereocenters. The molecule has 140 valence electrons. The highest BCUT2D eigenvalue weighted by atomic mass is 16.5. The lowest BCUT2D eigenvalue weighted by molar-refractivity contribution is 0.00703. The van der Waals surface area contributed by atoms with Crippen LogP contribution >= 0.6 is 0 Å². The Balaban J connectivity index is 1.49. The quantitative estimate of drug-likeness (QED) is 0.668.